The van der Waals surface area contributed by atoms with E-state index in [1.807, 2.05) is 17.1 Å². The third-order valence-electron chi connectivity index (χ3n) is 4.99. The second-order valence-corrected chi connectivity index (χ2v) is 6.65. The Morgan fingerprint density at radius 1 is 1.17 bits per heavy atom. The van der Waals surface area contributed by atoms with Crippen LogP contribution in [0.5, 0.6) is 0 Å². The van der Waals surface area contributed by atoms with E-state index in [1.165, 1.54) is 5.56 Å². The van der Waals surface area contributed by atoms with Gasteiger partial charge in [0.05, 0.1) is 19.5 Å². The van der Waals surface area contributed by atoms with Crippen molar-refractivity contribution in [2.45, 2.75) is 25.6 Å². The first-order chi connectivity index (χ1) is 11.3. The molecule has 2 atom stereocenters. The summed E-state index contributed by atoms with van der Waals surface area (Å²) >= 11 is 0. The molecule has 0 radical (unpaired) electrons. The van der Waals surface area contributed by atoms with E-state index >= 15 is 0 Å². The van der Waals surface area contributed by atoms with Crippen molar-refractivity contribution in [1.82, 2.24) is 19.4 Å². The van der Waals surface area contributed by atoms with Crippen LogP contribution in [-0.2, 0) is 11.3 Å². The SMILES string of the molecule is C[C@H]1COC[C@H]2CN(Cc3ccc(-n4ccnc4)cc3)CCN21. The second-order valence-electron chi connectivity index (χ2n) is 6.65. The van der Waals surface area contributed by atoms with Crippen LogP contribution in [-0.4, -0.2) is 64.3 Å². The first kappa shape index (κ1) is 14.9. The Labute approximate surface area is 137 Å². The molecule has 0 aliphatic carbocycles. The number of hydrogen-bond donors (Lipinski definition) is 0. The predicted molar refractivity (Wildman–Crippen MR) is 89.6 cm³/mol. The molecular formula is C18H24N4O. The van der Waals surface area contributed by atoms with E-state index in [2.05, 4.69) is 46.0 Å². The van der Waals surface area contributed by atoms with Crippen molar-refractivity contribution in [1.29, 1.82) is 0 Å². The van der Waals surface area contributed by atoms with Gasteiger partial charge < -0.3 is 9.30 Å². The fourth-order valence-corrected chi connectivity index (χ4v) is 3.72. The Morgan fingerprint density at radius 3 is 2.83 bits per heavy atom. The highest BCUT2D eigenvalue weighted by molar-refractivity contribution is 5.34. The maximum Gasteiger partial charge on any atom is 0.0991 e. The van der Waals surface area contributed by atoms with E-state index in [4.69, 9.17) is 4.74 Å². The minimum atomic E-state index is 0.553. The molecule has 0 spiro atoms. The lowest BCUT2D eigenvalue weighted by Crippen LogP contribution is -2.60. The van der Waals surface area contributed by atoms with Gasteiger partial charge in [0.2, 0.25) is 0 Å². The van der Waals surface area contributed by atoms with Crippen molar-refractivity contribution in [2.24, 2.45) is 0 Å². The third-order valence-corrected chi connectivity index (χ3v) is 4.99. The smallest absolute Gasteiger partial charge is 0.0991 e. The highest BCUT2D eigenvalue weighted by Gasteiger charge is 2.33. The van der Waals surface area contributed by atoms with Crippen LogP contribution in [0.2, 0.25) is 0 Å². The van der Waals surface area contributed by atoms with Crippen molar-refractivity contribution < 1.29 is 4.74 Å². The van der Waals surface area contributed by atoms with Crippen molar-refractivity contribution >= 4 is 0 Å². The van der Waals surface area contributed by atoms with Gasteiger partial charge in [0, 0.05) is 56.3 Å². The highest BCUT2D eigenvalue weighted by atomic mass is 16.5. The minimum Gasteiger partial charge on any atom is -0.378 e. The summed E-state index contributed by atoms with van der Waals surface area (Å²) in [6, 6.07) is 9.89. The summed E-state index contributed by atoms with van der Waals surface area (Å²) in [5, 5.41) is 0. The summed E-state index contributed by atoms with van der Waals surface area (Å²) in [6.07, 6.45) is 5.61. The minimum absolute atomic E-state index is 0.553. The average Bonchev–Trinajstić information content (AvgIpc) is 3.10. The number of fused-ring (bicyclic) bond motifs is 1. The quantitative estimate of drug-likeness (QED) is 0.865. The van der Waals surface area contributed by atoms with Crippen molar-refractivity contribution in [2.75, 3.05) is 32.8 Å². The molecule has 0 saturated carbocycles. The number of imidazole rings is 1. The summed E-state index contributed by atoms with van der Waals surface area (Å²) in [4.78, 5) is 9.26. The molecule has 5 heteroatoms. The molecule has 2 aliphatic heterocycles. The van der Waals surface area contributed by atoms with Gasteiger partial charge in [-0.25, -0.2) is 4.98 Å². The van der Waals surface area contributed by atoms with Gasteiger partial charge in [-0.15, -0.1) is 0 Å². The molecule has 5 nitrogen and oxygen atoms in total. The summed E-state index contributed by atoms with van der Waals surface area (Å²) in [7, 11) is 0. The zero-order valence-corrected chi connectivity index (χ0v) is 13.6. The number of rotatable bonds is 3. The first-order valence-electron chi connectivity index (χ1n) is 8.43. The molecular weight excluding hydrogens is 288 g/mol. The Hall–Kier alpha value is -1.69. The molecule has 0 amide bonds. The van der Waals surface area contributed by atoms with E-state index < -0.39 is 0 Å². The zero-order chi connectivity index (χ0) is 15.6. The van der Waals surface area contributed by atoms with E-state index in [0.717, 1.165) is 45.1 Å². The number of ether oxygens (including phenoxy) is 1. The van der Waals surface area contributed by atoms with Crippen molar-refractivity contribution in [3.8, 4) is 5.69 Å². The van der Waals surface area contributed by atoms with Crippen LogP contribution in [0.4, 0.5) is 0 Å². The first-order valence-corrected chi connectivity index (χ1v) is 8.43. The molecule has 2 aliphatic rings. The molecule has 1 aromatic carbocycles. The van der Waals surface area contributed by atoms with Gasteiger partial charge in [-0.2, -0.15) is 0 Å². The summed E-state index contributed by atoms with van der Waals surface area (Å²) in [5.41, 5.74) is 2.53. The van der Waals surface area contributed by atoms with Gasteiger partial charge in [0.15, 0.2) is 0 Å². The fraction of sp³-hybridized carbons (Fsp3) is 0.500. The van der Waals surface area contributed by atoms with Gasteiger partial charge in [0.1, 0.15) is 0 Å². The molecule has 122 valence electrons. The van der Waals surface area contributed by atoms with Crippen molar-refractivity contribution in [3.05, 3.63) is 48.5 Å². The molecule has 0 N–H and O–H groups in total. The number of piperazine rings is 1. The monoisotopic (exact) mass is 312 g/mol. The van der Waals surface area contributed by atoms with Crippen LogP contribution < -0.4 is 0 Å². The number of benzene rings is 1. The van der Waals surface area contributed by atoms with Gasteiger partial charge in [-0.1, -0.05) is 12.1 Å². The van der Waals surface area contributed by atoms with Crippen LogP contribution in [0.15, 0.2) is 43.0 Å². The average molecular weight is 312 g/mol. The summed E-state index contributed by atoms with van der Waals surface area (Å²) < 4.78 is 7.76. The molecule has 3 heterocycles. The zero-order valence-electron chi connectivity index (χ0n) is 13.6. The Balaban J connectivity index is 1.39. The van der Waals surface area contributed by atoms with Gasteiger partial charge in [-0.05, 0) is 24.6 Å². The second kappa shape index (κ2) is 6.43. The topological polar surface area (TPSA) is 33.5 Å². The third kappa shape index (κ3) is 3.17. The standard InChI is InChI=1S/C18H24N4O/c1-15-12-23-13-18-11-20(8-9-22(15)18)10-16-2-4-17(5-3-16)21-7-6-19-14-21/h2-7,14-15,18H,8-13H2,1H3/t15-,18+/m0/s1. The lowest BCUT2D eigenvalue weighted by Gasteiger charge is -2.47. The molecule has 1 aromatic heterocycles. The highest BCUT2D eigenvalue weighted by Crippen LogP contribution is 2.20. The lowest BCUT2D eigenvalue weighted by atomic mass is 10.1. The number of hydrogen-bond acceptors (Lipinski definition) is 4. The van der Waals surface area contributed by atoms with Crippen LogP contribution in [0.3, 0.4) is 0 Å². The molecule has 2 saturated heterocycles. The Kier molecular flexibility index (Phi) is 4.16. The van der Waals surface area contributed by atoms with Gasteiger partial charge >= 0.3 is 0 Å². The Bertz CT molecular complexity index is 625. The molecule has 23 heavy (non-hydrogen) atoms. The number of morpholine rings is 1. The number of aromatic nitrogens is 2. The molecule has 2 aromatic rings. The maximum atomic E-state index is 5.73. The van der Waals surface area contributed by atoms with Crippen LogP contribution in [0.25, 0.3) is 5.69 Å². The van der Waals surface area contributed by atoms with E-state index in [0.29, 0.717) is 12.1 Å². The van der Waals surface area contributed by atoms with Crippen LogP contribution in [0.1, 0.15) is 12.5 Å². The summed E-state index contributed by atoms with van der Waals surface area (Å²) in [5.74, 6) is 0. The summed E-state index contributed by atoms with van der Waals surface area (Å²) in [6.45, 7) is 8.45. The van der Waals surface area contributed by atoms with Gasteiger partial charge in [-0.3, -0.25) is 9.80 Å². The molecule has 4 rings (SSSR count). The lowest BCUT2D eigenvalue weighted by molar-refractivity contribution is -0.0765. The maximum absolute atomic E-state index is 5.73. The molecule has 0 bridgehead atoms. The number of nitrogens with zero attached hydrogens (tertiary/aromatic N) is 4. The van der Waals surface area contributed by atoms with Gasteiger partial charge in [0.25, 0.3) is 0 Å². The fourth-order valence-electron chi connectivity index (χ4n) is 3.72. The van der Waals surface area contributed by atoms with E-state index in [-0.39, 0.29) is 0 Å². The molecule has 2 fully saturated rings. The molecule has 0 unspecified atom stereocenters. The van der Waals surface area contributed by atoms with Crippen LogP contribution in [0, 0.1) is 0 Å². The predicted octanol–water partition coefficient (Wildman–Crippen LogP) is 1.78. The largest absolute Gasteiger partial charge is 0.378 e. The Morgan fingerprint density at radius 2 is 2.04 bits per heavy atom. The van der Waals surface area contributed by atoms with E-state index in [1.54, 1.807) is 6.20 Å². The normalized spacial score (nSPS) is 26.1. The van der Waals surface area contributed by atoms with Crippen LogP contribution >= 0.6 is 0 Å². The van der Waals surface area contributed by atoms with Crippen molar-refractivity contribution in [3.63, 3.8) is 0 Å². The van der Waals surface area contributed by atoms with E-state index in [9.17, 15) is 0 Å².